The van der Waals surface area contributed by atoms with Gasteiger partial charge in [0, 0.05) is 26.1 Å². The fourth-order valence-corrected chi connectivity index (χ4v) is 1.87. The van der Waals surface area contributed by atoms with Crippen molar-refractivity contribution in [2.24, 2.45) is 5.73 Å². The molecule has 1 aromatic rings. The Bertz CT molecular complexity index is 382. The minimum Gasteiger partial charge on any atom is -0.342 e. The maximum absolute atomic E-state index is 13.0. The van der Waals surface area contributed by atoms with Gasteiger partial charge in [-0.1, -0.05) is 19.1 Å². The van der Waals surface area contributed by atoms with Crippen LogP contribution in [-0.2, 0) is 11.2 Å². The summed E-state index contributed by atoms with van der Waals surface area (Å²) in [5, 5.41) is 0. The zero-order chi connectivity index (χ0) is 13.4. The highest BCUT2D eigenvalue weighted by atomic mass is 19.1. The van der Waals surface area contributed by atoms with Gasteiger partial charge in [0.2, 0.25) is 5.91 Å². The molecule has 0 saturated carbocycles. The summed E-state index contributed by atoms with van der Waals surface area (Å²) in [7, 11) is 0. The Balaban J connectivity index is 2.53. The van der Waals surface area contributed by atoms with Crippen molar-refractivity contribution in [1.29, 1.82) is 0 Å². The van der Waals surface area contributed by atoms with Gasteiger partial charge in [0.25, 0.3) is 0 Å². The van der Waals surface area contributed by atoms with Gasteiger partial charge in [-0.15, -0.1) is 0 Å². The van der Waals surface area contributed by atoms with Crippen molar-refractivity contribution in [1.82, 2.24) is 4.90 Å². The number of benzene rings is 1. The lowest BCUT2D eigenvalue weighted by Gasteiger charge is -2.22. The molecule has 2 N–H and O–H groups in total. The lowest BCUT2D eigenvalue weighted by atomic mass is 10.1. The van der Waals surface area contributed by atoms with E-state index in [1.54, 1.807) is 11.0 Å². The van der Waals surface area contributed by atoms with Crippen molar-refractivity contribution >= 4 is 5.91 Å². The fraction of sp³-hybridized carbons (Fsp3) is 0.500. The molecule has 0 aromatic heterocycles. The van der Waals surface area contributed by atoms with E-state index in [4.69, 9.17) is 5.73 Å². The highest BCUT2D eigenvalue weighted by Crippen LogP contribution is 2.06. The summed E-state index contributed by atoms with van der Waals surface area (Å²) >= 11 is 0. The molecule has 0 bridgehead atoms. The van der Waals surface area contributed by atoms with Crippen LogP contribution in [0.15, 0.2) is 24.3 Å². The van der Waals surface area contributed by atoms with Crippen LogP contribution < -0.4 is 5.73 Å². The Hall–Kier alpha value is -1.42. The fourth-order valence-electron chi connectivity index (χ4n) is 1.87. The second-order valence-electron chi connectivity index (χ2n) is 4.30. The van der Waals surface area contributed by atoms with E-state index >= 15 is 0 Å². The van der Waals surface area contributed by atoms with E-state index in [1.165, 1.54) is 12.1 Å². The Morgan fingerprint density at radius 3 is 2.78 bits per heavy atom. The Kier molecular flexibility index (Phi) is 6.36. The molecule has 18 heavy (non-hydrogen) atoms. The average molecular weight is 252 g/mol. The molecular weight excluding hydrogens is 231 g/mol. The van der Waals surface area contributed by atoms with Gasteiger partial charge in [0.05, 0.1) is 0 Å². The molecule has 100 valence electrons. The molecule has 0 radical (unpaired) electrons. The van der Waals surface area contributed by atoms with Crippen LogP contribution in [0.3, 0.4) is 0 Å². The van der Waals surface area contributed by atoms with E-state index < -0.39 is 0 Å². The topological polar surface area (TPSA) is 46.3 Å². The maximum atomic E-state index is 13.0. The smallest absolute Gasteiger partial charge is 0.223 e. The van der Waals surface area contributed by atoms with Crippen molar-refractivity contribution in [3.63, 3.8) is 0 Å². The standard InChI is InChI=1S/C14H21FN2O/c1-2-9-17(14(18)6-8-16)10-7-12-4-3-5-13(15)11-12/h3-5,11H,2,6-10,16H2,1H3. The number of halogens is 1. The third kappa shape index (κ3) is 4.84. The predicted molar refractivity (Wildman–Crippen MR) is 70.6 cm³/mol. The predicted octanol–water partition coefficient (Wildman–Crippen LogP) is 1.96. The van der Waals surface area contributed by atoms with E-state index in [0.717, 1.165) is 18.5 Å². The van der Waals surface area contributed by atoms with Gasteiger partial charge in [-0.05, 0) is 30.5 Å². The molecule has 0 unspecified atom stereocenters. The number of hydrogen-bond donors (Lipinski definition) is 1. The first-order valence-electron chi connectivity index (χ1n) is 6.39. The molecule has 0 saturated heterocycles. The lowest BCUT2D eigenvalue weighted by Crippen LogP contribution is -2.34. The van der Waals surface area contributed by atoms with Crippen LogP contribution in [0.5, 0.6) is 0 Å². The molecule has 1 amide bonds. The SMILES string of the molecule is CCCN(CCc1cccc(F)c1)C(=O)CCN. The Morgan fingerprint density at radius 2 is 2.17 bits per heavy atom. The first-order chi connectivity index (χ1) is 8.67. The summed E-state index contributed by atoms with van der Waals surface area (Å²) in [5.41, 5.74) is 6.31. The van der Waals surface area contributed by atoms with E-state index in [0.29, 0.717) is 25.9 Å². The largest absolute Gasteiger partial charge is 0.342 e. The van der Waals surface area contributed by atoms with Crippen molar-refractivity contribution < 1.29 is 9.18 Å². The minimum absolute atomic E-state index is 0.0794. The minimum atomic E-state index is -0.233. The van der Waals surface area contributed by atoms with Gasteiger partial charge in [-0.2, -0.15) is 0 Å². The van der Waals surface area contributed by atoms with Crippen LogP contribution in [0.4, 0.5) is 4.39 Å². The molecule has 0 aliphatic carbocycles. The van der Waals surface area contributed by atoms with Crippen molar-refractivity contribution in [3.05, 3.63) is 35.6 Å². The van der Waals surface area contributed by atoms with Crippen LogP contribution >= 0.6 is 0 Å². The molecule has 0 heterocycles. The molecule has 4 heteroatoms. The van der Waals surface area contributed by atoms with Gasteiger partial charge in [0.15, 0.2) is 0 Å². The highest BCUT2D eigenvalue weighted by Gasteiger charge is 2.11. The van der Waals surface area contributed by atoms with Crippen molar-refractivity contribution in [3.8, 4) is 0 Å². The van der Waals surface area contributed by atoms with Gasteiger partial charge in [-0.25, -0.2) is 4.39 Å². The molecule has 0 aliphatic heterocycles. The number of carbonyl (C=O) groups excluding carboxylic acids is 1. The number of carbonyl (C=O) groups is 1. The summed E-state index contributed by atoms with van der Waals surface area (Å²) < 4.78 is 13.0. The molecule has 1 rings (SSSR count). The van der Waals surface area contributed by atoms with Gasteiger partial charge in [0.1, 0.15) is 5.82 Å². The molecule has 0 atom stereocenters. The van der Waals surface area contributed by atoms with Crippen LogP contribution in [0, 0.1) is 5.82 Å². The Labute approximate surface area is 108 Å². The number of hydrogen-bond acceptors (Lipinski definition) is 2. The molecule has 3 nitrogen and oxygen atoms in total. The quantitative estimate of drug-likeness (QED) is 0.806. The monoisotopic (exact) mass is 252 g/mol. The van der Waals surface area contributed by atoms with Crippen molar-refractivity contribution in [2.45, 2.75) is 26.2 Å². The molecule has 0 aliphatic rings. The van der Waals surface area contributed by atoms with Crippen LogP contribution in [0.25, 0.3) is 0 Å². The Morgan fingerprint density at radius 1 is 1.39 bits per heavy atom. The van der Waals surface area contributed by atoms with E-state index in [2.05, 4.69) is 0 Å². The summed E-state index contributed by atoms with van der Waals surface area (Å²) in [4.78, 5) is 13.6. The lowest BCUT2D eigenvalue weighted by molar-refractivity contribution is -0.131. The van der Waals surface area contributed by atoms with Crippen molar-refractivity contribution in [2.75, 3.05) is 19.6 Å². The first-order valence-corrected chi connectivity index (χ1v) is 6.39. The zero-order valence-corrected chi connectivity index (χ0v) is 10.9. The van der Waals surface area contributed by atoms with Gasteiger partial charge >= 0.3 is 0 Å². The van der Waals surface area contributed by atoms with Crippen LogP contribution in [-0.4, -0.2) is 30.4 Å². The molecule has 0 spiro atoms. The highest BCUT2D eigenvalue weighted by molar-refractivity contribution is 5.76. The number of nitrogens with zero attached hydrogens (tertiary/aromatic N) is 1. The van der Waals surface area contributed by atoms with Gasteiger partial charge < -0.3 is 10.6 Å². The zero-order valence-electron chi connectivity index (χ0n) is 10.9. The van der Waals surface area contributed by atoms with E-state index in [1.807, 2.05) is 13.0 Å². The second kappa shape index (κ2) is 7.82. The number of rotatable bonds is 7. The molecule has 1 aromatic carbocycles. The van der Waals surface area contributed by atoms with Crippen LogP contribution in [0.2, 0.25) is 0 Å². The molecule has 0 fully saturated rings. The van der Waals surface area contributed by atoms with E-state index in [9.17, 15) is 9.18 Å². The summed E-state index contributed by atoms with van der Waals surface area (Å²) in [6.07, 6.45) is 1.97. The average Bonchev–Trinajstić information content (AvgIpc) is 2.35. The first kappa shape index (κ1) is 14.6. The van der Waals surface area contributed by atoms with Gasteiger partial charge in [-0.3, -0.25) is 4.79 Å². The van der Waals surface area contributed by atoms with Crippen LogP contribution in [0.1, 0.15) is 25.3 Å². The third-order valence-electron chi connectivity index (χ3n) is 2.76. The number of amides is 1. The normalized spacial score (nSPS) is 10.4. The number of nitrogens with two attached hydrogens (primary N) is 1. The maximum Gasteiger partial charge on any atom is 0.223 e. The second-order valence-corrected chi connectivity index (χ2v) is 4.30. The molecular formula is C14H21FN2O. The third-order valence-corrected chi connectivity index (χ3v) is 2.76. The summed E-state index contributed by atoms with van der Waals surface area (Å²) in [6.45, 7) is 3.76. The summed E-state index contributed by atoms with van der Waals surface area (Å²) in [6, 6.07) is 6.50. The summed E-state index contributed by atoms with van der Waals surface area (Å²) in [5.74, 6) is -0.154. The van der Waals surface area contributed by atoms with E-state index in [-0.39, 0.29) is 11.7 Å².